The number of nitrogens with zero attached hydrogens (tertiary/aromatic N) is 5. The lowest BCUT2D eigenvalue weighted by atomic mass is 9.90. The first-order chi connectivity index (χ1) is 15.5. The molecular weight excluding hydrogens is 407 g/mol. The fourth-order valence-electron chi connectivity index (χ4n) is 4.12. The second-order valence-electron chi connectivity index (χ2n) is 8.65. The number of carbonyl (C=O) groups excluding carboxylic acids is 1. The fraction of sp³-hybridized carbons (Fsp3) is 0.458. The Morgan fingerprint density at radius 1 is 1.19 bits per heavy atom. The van der Waals surface area contributed by atoms with Crippen molar-refractivity contribution in [2.45, 2.75) is 39.2 Å². The summed E-state index contributed by atoms with van der Waals surface area (Å²) in [6.07, 6.45) is 5.28. The van der Waals surface area contributed by atoms with E-state index in [4.69, 9.17) is 0 Å². The molecular formula is C24H29FN6O. The Kier molecular flexibility index (Phi) is 6.99. The Balaban J connectivity index is 1.48. The van der Waals surface area contributed by atoms with Gasteiger partial charge in [0.1, 0.15) is 18.3 Å². The van der Waals surface area contributed by atoms with Crippen molar-refractivity contribution in [1.29, 1.82) is 0 Å². The minimum atomic E-state index is -0.336. The van der Waals surface area contributed by atoms with Crippen molar-refractivity contribution in [3.8, 4) is 11.3 Å². The van der Waals surface area contributed by atoms with E-state index >= 15 is 0 Å². The largest absolute Gasteiger partial charge is 0.367 e. The molecule has 0 spiro atoms. The highest BCUT2D eigenvalue weighted by atomic mass is 19.1. The fourth-order valence-corrected chi connectivity index (χ4v) is 4.12. The molecule has 0 aliphatic carbocycles. The molecule has 3 aromatic rings. The van der Waals surface area contributed by atoms with Crippen LogP contribution in [0.15, 0.2) is 36.7 Å². The van der Waals surface area contributed by atoms with Crippen molar-refractivity contribution < 1.29 is 9.18 Å². The van der Waals surface area contributed by atoms with E-state index < -0.39 is 0 Å². The molecule has 168 valence electrons. The third-order valence-electron chi connectivity index (χ3n) is 5.80. The number of piperidine rings is 1. The van der Waals surface area contributed by atoms with Gasteiger partial charge in [0.2, 0.25) is 0 Å². The lowest BCUT2D eigenvalue weighted by Gasteiger charge is -2.30. The number of likely N-dealkylation sites (tertiary alicyclic amines) is 1. The molecule has 1 N–H and O–H groups in total. The smallest absolute Gasteiger partial charge is 0.145 e. The van der Waals surface area contributed by atoms with E-state index in [0.717, 1.165) is 53.9 Å². The van der Waals surface area contributed by atoms with Crippen molar-refractivity contribution in [3.63, 3.8) is 0 Å². The van der Waals surface area contributed by atoms with Crippen molar-refractivity contribution in [3.05, 3.63) is 42.4 Å². The molecule has 0 radical (unpaired) electrons. The normalized spacial score (nSPS) is 15.4. The summed E-state index contributed by atoms with van der Waals surface area (Å²) >= 11 is 0. The van der Waals surface area contributed by atoms with Gasteiger partial charge in [-0.25, -0.2) is 9.37 Å². The van der Waals surface area contributed by atoms with Gasteiger partial charge in [-0.1, -0.05) is 6.07 Å². The van der Waals surface area contributed by atoms with Gasteiger partial charge in [0.05, 0.1) is 35.7 Å². The number of aromatic nitrogens is 4. The van der Waals surface area contributed by atoms with E-state index in [1.165, 1.54) is 0 Å². The second kappa shape index (κ2) is 10.1. The zero-order valence-corrected chi connectivity index (χ0v) is 18.6. The van der Waals surface area contributed by atoms with E-state index in [9.17, 15) is 9.18 Å². The van der Waals surface area contributed by atoms with Crippen molar-refractivity contribution >= 4 is 22.5 Å². The first-order valence-electron chi connectivity index (χ1n) is 11.2. The summed E-state index contributed by atoms with van der Waals surface area (Å²) < 4.78 is 12.5. The van der Waals surface area contributed by atoms with Gasteiger partial charge in [0.25, 0.3) is 0 Å². The van der Waals surface area contributed by atoms with Crippen molar-refractivity contribution in [1.82, 2.24) is 25.1 Å². The molecule has 0 bridgehead atoms. The molecule has 7 nitrogen and oxygen atoms in total. The van der Waals surface area contributed by atoms with Crippen LogP contribution < -0.4 is 5.32 Å². The van der Waals surface area contributed by atoms with Gasteiger partial charge in [-0.2, -0.15) is 10.2 Å². The minimum absolute atomic E-state index is 0.0150. The van der Waals surface area contributed by atoms with Crippen LogP contribution in [0.4, 0.5) is 10.2 Å². The molecule has 0 atom stereocenters. The van der Waals surface area contributed by atoms with Gasteiger partial charge in [0.15, 0.2) is 0 Å². The lowest BCUT2D eigenvalue weighted by molar-refractivity contribution is -0.123. The predicted octanol–water partition coefficient (Wildman–Crippen LogP) is 3.70. The van der Waals surface area contributed by atoms with Gasteiger partial charge in [0, 0.05) is 29.5 Å². The quantitative estimate of drug-likeness (QED) is 0.576. The van der Waals surface area contributed by atoms with Crippen LogP contribution in [-0.2, 0) is 11.2 Å². The molecule has 3 heterocycles. The maximum Gasteiger partial charge on any atom is 0.145 e. The molecule has 32 heavy (non-hydrogen) atoms. The number of halogens is 1. The second-order valence-corrected chi connectivity index (χ2v) is 8.65. The molecule has 1 fully saturated rings. The van der Waals surface area contributed by atoms with E-state index in [-0.39, 0.29) is 30.8 Å². The SMILES string of the molecule is CC(C)Nc1cncc(-c2ccc3nnc(CC(=O)C4CCN(CCF)CC4)cc3c2)n1. The zero-order chi connectivity index (χ0) is 22.5. The van der Waals surface area contributed by atoms with Crippen LogP contribution in [-0.4, -0.2) is 63.2 Å². The molecule has 1 aliphatic rings. The number of Topliss-reactive ketones (excluding diaryl/α,β-unsaturated/α-hetero) is 1. The maximum absolute atomic E-state index is 12.8. The minimum Gasteiger partial charge on any atom is -0.367 e. The highest BCUT2D eigenvalue weighted by Gasteiger charge is 2.25. The van der Waals surface area contributed by atoms with Crippen LogP contribution in [0.2, 0.25) is 0 Å². The highest BCUT2D eigenvalue weighted by Crippen LogP contribution is 2.24. The van der Waals surface area contributed by atoms with E-state index in [1.54, 1.807) is 12.4 Å². The molecule has 0 amide bonds. The number of fused-ring (bicyclic) bond motifs is 1. The molecule has 1 aromatic carbocycles. The Bertz CT molecular complexity index is 1080. The van der Waals surface area contributed by atoms with Gasteiger partial charge in [-0.3, -0.25) is 9.78 Å². The van der Waals surface area contributed by atoms with Gasteiger partial charge in [-0.15, -0.1) is 0 Å². The summed E-state index contributed by atoms with van der Waals surface area (Å²) in [4.78, 5) is 23.8. The number of ketones is 1. The molecule has 0 unspecified atom stereocenters. The van der Waals surface area contributed by atoms with Crippen LogP contribution >= 0.6 is 0 Å². The summed E-state index contributed by atoms with van der Waals surface area (Å²) in [6, 6.07) is 8.08. The number of benzene rings is 1. The molecule has 4 rings (SSSR count). The summed E-state index contributed by atoms with van der Waals surface area (Å²) in [5.41, 5.74) is 3.15. The topological polar surface area (TPSA) is 83.9 Å². The molecule has 1 aliphatic heterocycles. The molecule has 8 heteroatoms. The number of carbonyl (C=O) groups is 1. The number of hydrogen-bond donors (Lipinski definition) is 1. The first-order valence-corrected chi connectivity index (χ1v) is 11.2. The number of hydrogen-bond acceptors (Lipinski definition) is 7. The van der Waals surface area contributed by atoms with Crippen LogP contribution in [0.5, 0.6) is 0 Å². The van der Waals surface area contributed by atoms with Gasteiger partial charge >= 0.3 is 0 Å². The van der Waals surface area contributed by atoms with E-state index in [1.807, 2.05) is 24.3 Å². The standard InChI is InChI=1S/C24H29FN6O/c1-16(2)27-24-15-26-14-22(28-24)18-3-4-21-19(11-18)12-20(29-30-21)13-23(32)17-5-8-31(9-6-17)10-7-25/h3-4,11-12,14-17H,5-10,13H2,1-2H3,(H,27,28). The average Bonchev–Trinajstić information content (AvgIpc) is 2.79. The summed E-state index contributed by atoms with van der Waals surface area (Å²) in [5.74, 6) is 0.934. The van der Waals surface area contributed by atoms with E-state index in [2.05, 4.69) is 44.2 Å². The highest BCUT2D eigenvalue weighted by molar-refractivity contribution is 5.86. The Morgan fingerprint density at radius 3 is 2.75 bits per heavy atom. The number of alkyl halides is 1. The van der Waals surface area contributed by atoms with Crippen LogP contribution in [0.25, 0.3) is 22.2 Å². The van der Waals surface area contributed by atoms with Crippen LogP contribution in [0, 0.1) is 5.92 Å². The zero-order valence-electron chi connectivity index (χ0n) is 18.6. The monoisotopic (exact) mass is 436 g/mol. The van der Waals surface area contributed by atoms with Crippen molar-refractivity contribution in [2.24, 2.45) is 5.92 Å². The van der Waals surface area contributed by atoms with Crippen molar-refractivity contribution in [2.75, 3.05) is 31.6 Å². The maximum atomic E-state index is 12.8. The lowest BCUT2D eigenvalue weighted by Crippen LogP contribution is -2.37. The third-order valence-corrected chi connectivity index (χ3v) is 5.80. The van der Waals surface area contributed by atoms with Crippen LogP contribution in [0.1, 0.15) is 32.4 Å². The summed E-state index contributed by atoms with van der Waals surface area (Å²) in [5, 5.41) is 12.8. The predicted molar refractivity (Wildman–Crippen MR) is 123 cm³/mol. The van der Waals surface area contributed by atoms with Crippen LogP contribution in [0.3, 0.4) is 0 Å². The third kappa shape index (κ3) is 5.43. The van der Waals surface area contributed by atoms with E-state index in [0.29, 0.717) is 12.2 Å². The average molecular weight is 437 g/mol. The first kappa shape index (κ1) is 22.2. The summed E-state index contributed by atoms with van der Waals surface area (Å²) in [7, 11) is 0. The van der Waals surface area contributed by atoms with Gasteiger partial charge in [-0.05, 0) is 58.0 Å². The molecule has 1 saturated heterocycles. The molecule has 0 saturated carbocycles. The Hall–Kier alpha value is -3.00. The Labute approximate surface area is 187 Å². The number of anilines is 1. The Morgan fingerprint density at radius 2 is 2.00 bits per heavy atom. The number of nitrogens with one attached hydrogen (secondary N) is 1. The number of rotatable bonds is 8. The molecule has 2 aromatic heterocycles. The van der Waals surface area contributed by atoms with Gasteiger partial charge < -0.3 is 10.2 Å². The summed E-state index contributed by atoms with van der Waals surface area (Å²) in [6.45, 7) is 5.79.